The fourth-order valence-electron chi connectivity index (χ4n) is 1.88. The minimum absolute atomic E-state index is 0.494. The summed E-state index contributed by atoms with van der Waals surface area (Å²) in [5, 5.41) is 3.45. The Hall–Kier alpha value is -1.26. The van der Waals surface area contributed by atoms with Crippen molar-refractivity contribution in [3.63, 3.8) is 0 Å². The standard InChI is InChI=1S/C16H29N3O/c1-13(2)14(11-17)12-18-15-6-5-7-16(10-15)20-9-8-19(3)4/h5-7,10,13-14,18H,8-9,11-12,17H2,1-4H3. The SMILES string of the molecule is CC(C)C(CN)CNc1cccc(OCCN(C)C)c1. The van der Waals surface area contributed by atoms with Gasteiger partial charge in [-0.15, -0.1) is 0 Å². The lowest BCUT2D eigenvalue weighted by Crippen LogP contribution is -2.27. The van der Waals surface area contributed by atoms with E-state index in [2.05, 4.69) is 30.1 Å². The van der Waals surface area contributed by atoms with Gasteiger partial charge in [-0.25, -0.2) is 0 Å². The van der Waals surface area contributed by atoms with Gasteiger partial charge in [0.15, 0.2) is 0 Å². The normalized spacial score (nSPS) is 12.8. The summed E-state index contributed by atoms with van der Waals surface area (Å²) < 4.78 is 5.73. The molecule has 0 bridgehead atoms. The third kappa shape index (κ3) is 6.26. The molecule has 0 aliphatic rings. The predicted molar refractivity (Wildman–Crippen MR) is 86.4 cm³/mol. The van der Waals surface area contributed by atoms with Gasteiger partial charge in [0.25, 0.3) is 0 Å². The average Bonchev–Trinajstić information content (AvgIpc) is 2.39. The number of hydrogen-bond donors (Lipinski definition) is 2. The zero-order valence-corrected chi connectivity index (χ0v) is 13.2. The van der Waals surface area contributed by atoms with Gasteiger partial charge in [-0.2, -0.15) is 0 Å². The van der Waals surface area contributed by atoms with E-state index in [9.17, 15) is 0 Å². The van der Waals surface area contributed by atoms with Crippen molar-refractivity contribution >= 4 is 5.69 Å². The van der Waals surface area contributed by atoms with Crippen molar-refractivity contribution in [3.8, 4) is 5.75 Å². The van der Waals surface area contributed by atoms with Gasteiger partial charge in [-0.1, -0.05) is 19.9 Å². The third-order valence-electron chi connectivity index (χ3n) is 3.46. The molecule has 0 fully saturated rings. The molecule has 1 rings (SSSR count). The fraction of sp³-hybridized carbons (Fsp3) is 0.625. The molecule has 1 aromatic carbocycles. The van der Waals surface area contributed by atoms with Crippen LogP contribution in [0, 0.1) is 11.8 Å². The Morgan fingerprint density at radius 3 is 2.65 bits per heavy atom. The van der Waals surface area contributed by atoms with Gasteiger partial charge >= 0.3 is 0 Å². The number of rotatable bonds is 9. The van der Waals surface area contributed by atoms with E-state index in [1.165, 1.54) is 0 Å². The maximum absolute atomic E-state index is 5.79. The van der Waals surface area contributed by atoms with Crippen LogP contribution >= 0.6 is 0 Å². The van der Waals surface area contributed by atoms with Gasteiger partial charge in [0.1, 0.15) is 12.4 Å². The number of nitrogens with two attached hydrogens (primary N) is 1. The monoisotopic (exact) mass is 279 g/mol. The summed E-state index contributed by atoms with van der Waals surface area (Å²) >= 11 is 0. The molecule has 1 unspecified atom stereocenters. The number of hydrogen-bond acceptors (Lipinski definition) is 4. The topological polar surface area (TPSA) is 50.5 Å². The smallest absolute Gasteiger partial charge is 0.121 e. The Labute approximate surface area is 123 Å². The van der Waals surface area contributed by atoms with Crippen molar-refractivity contribution in [2.75, 3.05) is 45.7 Å². The summed E-state index contributed by atoms with van der Waals surface area (Å²) in [6.07, 6.45) is 0. The van der Waals surface area contributed by atoms with Crippen LogP contribution in [0.1, 0.15) is 13.8 Å². The van der Waals surface area contributed by atoms with Crippen LogP contribution in [-0.2, 0) is 0 Å². The van der Waals surface area contributed by atoms with Crippen LogP contribution < -0.4 is 15.8 Å². The molecule has 3 N–H and O–H groups in total. The van der Waals surface area contributed by atoms with E-state index < -0.39 is 0 Å². The summed E-state index contributed by atoms with van der Waals surface area (Å²) in [5.41, 5.74) is 6.88. The van der Waals surface area contributed by atoms with E-state index in [0.717, 1.165) is 24.5 Å². The van der Waals surface area contributed by atoms with Crippen molar-refractivity contribution in [1.82, 2.24) is 4.90 Å². The second kappa shape index (κ2) is 8.82. The molecule has 20 heavy (non-hydrogen) atoms. The summed E-state index contributed by atoms with van der Waals surface area (Å²) in [6.45, 7) is 7.65. The first-order valence-corrected chi connectivity index (χ1v) is 7.34. The molecule has 0 saturated heterocycles. The molecule has 114 valence electrons. The molecule has 0 aliphatic carbocycles. The molecule has 1 aromatic rings. The van der Waals surface area contributed by atoms with Gasteiger partial charge in [0.2, 0.25) is 0 Å². The van der Waals surface area contributed by atoms with E-state index >= 15 is 0 Å². The van der Waals surface area contributed by atoms with Crippen LogP contribution in [0.5, 0.6) is 5.75 Å². The highest BCUT2D eigenvalue weighted by Gasteiger charge is 2.10. The molecule has 4 heteroatoms. The molecule has 4 nitrogen and oxygen atoms in total. The predicted octanol–water partition coefficient (Wildman–Crippen LogP) is 2.27. The highest BCUT2D eigenvalue weighted by atomic mass is 16.5. The zero-order valence-electron chi connectivity index (χ0n) is 13.2. The van der Waals surface area contributed by atoms with Crippen molar-refractivity contribution < 1.29 is 4.74 Å². The Balaban J connectivity index is 2.46. The van der Waals surface area contributed by atoms with Crippen molar-refractivity contribution in [2.45, 2.75) is 13.8 Å². The second-order valence-corrected chi connectivity index (χ2v) is 5.80. The van der Waals surface area contributed by atoms with Crippen molar-refractivity contribution in [1.29, 1.82) is 0 Å². The lowest BCUT2D eigenvalue weighted by Gasteiger charge is -2.20. The van der Waals surface area contributed by atoms with E-state index in [-0.39, 0.29) is 0 Å². The van der Waals surface area contributed by atoms with Crippen LogP contribution in [0.4, 0.5) is 5.69 Å². The number of anilines is 1. The minimum Gasteiger partial charge on any atom is -0.492 e. The number of benzene rings is 1. The van der Waals surface area contributed by atoms with Crippen LogP contribution in [0.25, 0.3) is 0 Å². The summed E-state index contributed by atoms with van der Waals surface area (Å²) in [5.74, 6) is 1.99. The zero-order chi connectivity index (χ0) is 15.0. The molecule has 0 spiro atoms. The fourth-order valence-corrected chi connectivity index (χ4v) is 1.88. The minimum atomic E-state index is 0.494. The summed E-state index contributed by atoms with van der Waals surface area (Å²) in [6, 6.07) is 8.11. The van der Waals surface area contributed by atoms with Gasteiger partial charge in [0, 0.05) is 24.8 Å². The first-order chi connectivity index (χ1) is 9.52. The first kappa shape index (κ1) is 16.8. The van der Waals surface area contributed by atoms with Crippen LogP contribution in [0.15, 0.2) is 24.3 Å². The Morgan fingerprint density at radius 1 is 1.30 bits per heavy atom. The Kier molecular flexibility index (Phi) is 7.41. The Bertz CT molecular complexity index is 380. The van der Waals surface area contributed by atoms with Gasteiger partial charge in [-0.05, 0) is 44.6 Å². The summed E-state index contributed by atoms with van der Waals surface area (Å²) in [4.78, 5) is 2.11. The molecule has 0 aromatic heterocycles. The molecule has 0 heterocycles. The quantitative estimate of drug-likeness (QED) is 0.728. The van der Waals surface area contributed by atoms with Crippen LogP contribution in [-0.4, -0.2) is 45.2 Å². The van der Waals surface area contributed by atoms with E-state index in [0.29, 0.717) is 25.0 Å². The lowest BCUT2D eigenvalue weighted by molar-refractivity contribution is 0.261. The largest absolute Gasteiger partial charge is 0.492 e. The third-order valence-corrected chi connectivity index (χ3v) is 3.46. The van der Waals surface area contributed by atoms with Gasteiger partial charge < -0.3 is 20.7 Å². The molecule has 0 saturated carbocycles. The maximum atomic E-state index is 5.79. The van der Waals surface area contributed by atoms with E-state index in [1.54, 1.807) is 0 Å². The van der Waals surface area contributed by atoms with Gasteiger partial charge in [0.05, 0.1) is 0 Å². The molecular weight excluding hydrogens is 250 g/mol. The van der Waals surface area contributed by atoms with Crippen LogP contribution in [0.3, 0.4) is 0 Å². The number of nitrogens with one attached hydrogen (secondary N) is 1. The summed E-state index contributed by atoms with van der Waals surface area (Å²) in [7, 11) is 4.08. The number of nitrogens with zero attached hydrogens (tertiary/aromatic N) is 1. The van der Waals surface area contributed by atoms with Gasteiger partial charge in [-0.3, -0.25) is 0 Å². The molecule has 0 amide bonds. The van der Waals surface area contributed by atoms with E-state index in [1.807, 2.05) is 32.3 Å². The molecule has 0 aliphatic heterocycles. The van der Waals surface area contributed by atoms with Crippen molar-refractivity contribution in [2.24, 2.45) is 17.6 Å². The number of ether oxygens (including phenoxy) is 1. The highest BCUT2D eigenvalue weighted by Crippen LogP contribution is 2.18. The maximum Gasteiger partial charge on any atom is 0.121 e. The molecule has 0 radical (unpaired) electrons. The van der Waals surface area contributed by atoms with Crippen LogP contribution in [0.2, 0.25) is 0 Å². The number of likely N-dealkylation sites (N-methyl/N-ethyl adjacent to an activating group) is 1. The Morgan fingerprint density at radius 2 is 2.05 bits per heavy atom. The molecular formula is C16H29N3O. The second-order valence-electron chi connectivity index (χ2n) is 5.80. The highest BCUT2D eigenvalue weighted by molar-refractivity contribution is 5.48. The van der Waals surface area contributed by atoms with E-state index in [4.69, 9.17) is 10.5 Å². The average molecular weight is 279 g/mol. The molecule has 1 atom stereocenters. The first-order valence-electron chi connectivity index (χ1n) is 7.34. The van der Waals surface area contributed by atoms with Crippen molar-refractivity contribution in [3.05, 3.63) is 24.3 Å². The lowest BCUT2D eigenvalue weighted by atomic mass is 9.96.